The van der Waals surface area contributed by atoms with Crippen molar-refractivity contribution in [1.82, 2.24) is 0 Å². The molecule has 1 saturated carbocycles. The molecule has 1 heterocycles. The van der Waals surface area contributed by atoms with Gasteiger partial charge in [-0.15, -0.1) is 0 Å². The number of carbonyl (C=O) groups is 2. The zero-order valence-corrected chi connectivity index (χ0v) is 13.3. The molecule has 0 aromatic rings. The molecule has 3 aliphatic rings. The van der Waals surface area contributed by atoms with Crippen LogP contribution in [0.1, 0.15) is 40.0 Å². The van der Waals surface area contributed by atoms with E-state index in [1.165, 1.54) is 17.7 Å². The van der Waals surface area contributed by atoms with Crippen LogP contribution >= 0.6 is 0 Å². The highest BCUT2D eigenvalue weighted by molar-refractivity contribution is 6.06. The van der Waals surface area contributed by atoms with E-state index in [1.807, 2.05) is 13.0 Å². The van der Waals surface area contributed by atoms with Gasteiger partial charge >= 0.3 is 5.97 Å². The van der Waals surface area contributed by atoms with Crippen LogP contribution in [0.15, 0.2) is 35.5 Å². The summed E-state index contributed by atoms with van der Waals surface area (Å²) in [4.78, 5) is 24.1. The fourth-order valence-electron chi connectivity index (χ4n) is 4.11. The van der Waals surface area contributed by atoms with Crippen molar-refractivity contribution in [2.75, 3.05) is 0 Å². The second-order valence-corrected chi connectivity index (χ2v) is 6.92. The summed E-state index contributed by atoms with van der Waals surface area (Å²) in [6.07, 6.45) is 8.10. The van der Waals surface area contributed by atoms with Gasteiger partial charge in [0.05, 0.1) is 23.9 Å². The van der Waals surface area contributed by atoms with Gasteiger partial charge in [0.25, 0.3) is 0 Å². The van der Waals surface area contributed by atoms with E-state index in [9.17, 15) is 14.7 Å². The van der Waals surface area contributed by atoms with E-state index in [-0.39, 0.29) is 24.1 Å². The van der Waals surface area contributed by atoms with E-state index in [1.54, 1.807) is 0 Å². The normalized spacial score (nSPS) is 39.2. The van der Waals surface area contributed by atoms with Crippen LogP contribution in [-0.2, 0) is 14.3 Å². The van der Waals surface area contributed by atoms with Crippen LogP contribution < -0.4 is 0 Å². The van der Waals surface area contributed by atoms with Crippen LogP contribution in [0.3, 0.4) is 0 Å². The minimum absolute atomic E-state index is 0.0790. The summed E-state index contributed by atoms with van der Waals surface area (Å²) in [5.41, 5.74) is 0.556. The van der Waals surface area contributed by atoms with Crippen LogP contribution in [0.2, 0.25) is 0 Å². The molecule has 1 N–H and O–H groups in total. The standard InChI is InChI=1S/C18H22O4/c1-11(2)5-4-6-12(3)9-18-16-13(19)7-8-14(20)17(16,18)10-15(21)22-18/h5,7-9,13,16,19H,4,6,10H2,1-3H3/b12-9+/t13-,16?,17?,18+/m1/s1. The highest BCUT2D eigenvalue weighted by atomic mass is 16.6. The van der Waals surface area contributed by atoms with Crippen LogP contribution in [0.4, 0.5) is 0 Å². The molecule has 4 heteroatoms. The van der Waals surface area contributed by atoms with Crippen molar-refractivity contribution < 1.29 is 19.4 Å². The molecular weight excluding hydrogens is 280 g/mol. The smallest absolute Gasteiger partial charge is 0.307 e. The first-order valence-corrected chi connectivity index (χ1v) is 7.78. The first kappa shape index (κ1) is 15.2. The molecule has 0 aromatic heterocycles. The summed E-state index contributed by atoms with van der Waals surface area (Å²) in [6, 6.07) is 0. The Morgan fingerprint density at radius 2 is 2.14 bits per heavy atom. The van der Waals surface area contributed by atoms with Gasteiger partial charge in [-0.1, -0.05) is 23.3 Å². The molecule has 2 fully saturated rings. The number of aliphatic hydroxyl groups excluding tert-OH is 1. The van der Waals surface area contributed by atoms with Crippen LogP contribution in [-0.4, -0.2) is 28.6 Å². The van der Waals surface area contributed by atoms with Gasteiger partial charge in [-0.05, 0) is 45.8 Å². The molecule has 1 spiro atoms. The van der Waals surface area contributed by atoms with E-state index >= 15 is 0 Å². The lowest BCUT2D eigenvalue weighted by atomic mass is 9.87. The van der Waals surface area contributed by atoms with Crippen molar-refractivity contribution in [2.45, 2.75) is 51.7 Å². The van der Waals surface area contributed by atoms with Crippen molar-refractivity contribution in [1.29, 1.82) is 0 Å². The predicted octanol–water partition coefficient (Wildman–Crippen LogP) is 2.48. The van der Waals surface area contributed by atoms with Crippen LogP contribution in [0.5, 0.6) is 0 Å². The van der Waals surface area contributed by atoms with Crippen molar-refractivity contribution in [3.8, 4) is 0 Å². The molecule has 3 rings (SSSR count). The average molecular weight is 302 g/mol. The maximum absolute atomic E-state index is 12.4. The number of allylic oxidation sites excluding steroid dienone is 4. The van der Waals surface area contributed by atoms with Crippen molar-refractivity contribution in [2.24, 2.45) is 11.3 Å². The highest BCUT2D eigenvalue weighted by Gasteiger charge is 2.87. The second-order valence-electron chi connectivity index (χ2n) is 6.92. The molecule has 1 saturated heterocycles. The molecule has 22 heavy (non-hydrogen) atoms. The summed E-state index contributed by atoms with van der Waals surface area (Å²) in [7, 11) is 0. The van der Waals surface area contributed by atoms with Gasteiger partial charge in [0.1, 0.15) is 0 Å². The molecule has 4 nitrogen and oxygen atoms in total. The Kier molecular flexibility index (Phi) is 3.40. The van der Waals surface area contributed by atoms with E-state index < -0.39 is 17.1 Å². The van der Waals surface area contributed by atoms with E-state index in [2.05, 4.69) is 19.9 Å². The van der Waals surface area contributed by atoms with Gasteiger partial charge in [-0.2, -0.15) is 0 Å². The van der Waals surface area contributed by atoms with E-state index in [0.717, 1.165) is 18.4 Å². The fourth-order valence-corrected chi connectivity index (χ4v) is 4.11. The first-order chi connectivity index (χ1) is 10.3. The maximum Gasteiger partial charge on any atom is 0.307 e. The van der Waals surface area contributed by atoms with Gasteiger partial charge < -0.3 is 9.84 Å². The molecule has 0 aromatic carbocycles. The summed E-state index contributed by atoms with van der Waals surface area (Å²) in [5, 5.41) is 10.2. The number of carbonyl (C=O) groups excluding carboxylic acids is 2. The Morgan fingerprint density at radius 1 is 1.41 bits per heavy atom. The van der Waals surface area contributed by atoms with Crippen molar-refractivity contribution in [3.05, 3.63) is 35.5 Å². The average Bonchev–Trinajstić information content (AvgIpc) is 2.84. The Labute approximate surface area is 130 Å². The summed E-state index contributed by atoms with van der Waals surface area (Å²) in [6.45, 7) is 6.10. The molecule has 2 aliphatic carbocycles. The number of fused-ring (bicyclic) bond motifs is 1. The first-order valence-electron chi connectivity index (χ1n) is 7.78. The van der Waals surface area contributed by atoms with E-state index in [0.29, 0.717) is 0 Å². The predicted molar refractivity (Wildman–Crippen MR) is 81.9 cm³/mol. The minimum Gasteiger partial charge on any atom is -0.453 e. The number of hydrogen-bond acceptors (Lipinski definition) is 4. The fraction of sp³-hybridized carbons (Fsp3) is 0.556. The Hall–Kier alpha value is -1.68. The Morgan fingerprint density at radius 3 is 2.82 bits per heavy atom. The van der Waals surface area contributed by atoms with Gasteiger partial charge in [0.2, 0.25) is 0 Å². The van der Waals surface area contributed by atoms with Crippen molar-refractivity contribution in [3.63, 3.8) is 0 Å². The molecule has 0 radical (unpaired) electrons. The van der Waals surface area contributed by atoms with E-state index in [4.69, 9.17) is 4.74 Å². The molecule has 0 bridgehead atoms. The number of aliphatic hydroxyl groups is 1. The monoisotopic (exact) mass is 302 g/mol. The van der Waals surface area contributed by atoms with Crippen LogP contribution in [0, 0.1) is 11.3 Å². The minimum atomic E-state index is -0.931. The molecular formula is C18H22O4. The number of rotatable bonds is 4. The highest BCUT2D eigenvalue weighted by Crippen LogP contribution is 2.74. The van der Waals surface area contributed by atoms with Gasteiger partial charge in [0, 0.05) is 0 Å². The molecule has 2 unspecified atom stereocenters. The Balaban J connectivity index is 1.87. The second kappa shape index (κ2) is 4.92. The largest absolute Gasteiger partial charge is 0.453 e. The number of ether oxygens (including phenoxy) is 1. The topological polar surface area (TPSA) is 63.6 Å². The summed E-state index contributed by atoms with van der Waals surface area (Å²) >= 11 is 0. The summed E-state index contributed by atoms with van der Waals surface area (Å²) < 4.78 is 5.55. The zero-order valence-electron chi connectivity index (χ0n) is 13.3. The number of ketones is 1. The Bertz CT molecular complexity index is 623. The van der Waals surface area contributed by atoms with Crippen molar-refractivity contribution >= 4 is 11.8 Å². The molecule has 0 amide bonds. The third-order valence-corrected chi connectivity index (χ3v) is 5.09. The third-order valence-electron chi connectivity index (χ3n) is 5.09. The zero-order chi connectivity index (χ0) is 16.1. The molecule has 1 aliphatic heterocycles. The van der Waals surface area contributed by atoms with Crippen LogP contribution in [0.25, 0.3) is 0 Å². The van der Waals surface area contributed by atoms with Gasteiger partial charge in [-0.3, -0.25) is 9.59 Å². The lowest BCUT2D eigenvalue weighted by Gasteiger charge is -2.16. The SMILES string of the molecule is CC(C)=CCC/C(C)=C/[C@@]12OC(=O)CC13C(=O)C=C[C@@H](O)C32. The maximum atomic E-state index is 12.4. The lowest BCUT2D eigenvalue weighted by molar-refractivity contribution is -0.145. The van der Waals surface area contributed by atoms with Gasteiger partial charge in [0.15, 0.2) is 11.4 Å². The molecule has 118 valence electrons. The lowest BCUT2D eigenvalue weighted by Crippen LogP contribution is -2.27. The number of hydrogen-bond donors (Lipinski definition) is 1. The number of esters is 1. The molecule has 4 atom stereocenters. The van der Waals surface area contributed by atoms with Gasteiger partial charge in [-0.25, -0.2) is 0 Å². The third kappa shape index (κ3) is 1.93. The summed E-state index contributed by atoms with van der Waals surface area (Å²) in [5.74, 6) is -0.768. The quantitative estimate of drug-likeness (QED) is 0.640.